The largest absolute Gasteiger partial charge is 0.454 e. The minimum absolute atomic E-state index is 0.143. The van der Waals surface area contributed by atoms with Crippen LogP contribution in [0.4, 0.5) is 0 Å². The standard InChI is InChI=1S/C15H14N2O3/c1-10-2-4-12(8-16-10)15(18)17-7-11-3-5-13-14(6-11)20-9-19-13/h2-6,8H,7,9H2,1H3,(H,17,18). The van der Waals surface area contributed by atoms with Gasteiger partial charge in [0.1, 0.15) is 0 Å². The maximum atomic E-state index is 12.0. The number of aromatic nitrogens is 1. The molecular weight excluding hydrogens is 256 g/mol. The van der Waals surface area contributed by atoms with Crippen molar-refractivity contribution in [3.63, 3.8) is 0 Å². The Bertz CT molecular complexity index is 638. The highest BCUT2D eigenvalue weighted by atomic mass is 16.7. The second kappa shape index (κ2) is 5.21. The van der Waals surface area contributed by atoms with Crippen molar-refractivity contribution in [2.24, 2.45) is 0 Å². The van der Waals surface area contributed by atoms with Gasteiger partial charge in [0.15, 0.2) is 11.5 Å². The lowest BCUT2D eigenvalue weighted by Crippen LogP contribution is -2.22. The Morgan fingerprint density at radius 1 is 1.25 bits per heavy atom. The lowest BCUT2D eigenvalue weighted by Gasteiger charge is -2.06. The third-order valence-electron chi connectivity index (χ3n) is 3.06. The molecule has 0 fully saturated rings. The van der Waals surface area contributed by atoms with Crippen molar-refractivity contribution in [3.8, 4) is 11.5 Å². The fourth-order valence-corrected chi connectivity index (χ4v) is 1.94. The first-order valence-electron chi connectivity index (χ1n) is 6.32. The second-order valence-electron chi connectivity index (χ2n) is 4.56. The van der Waals surface area contributed by atoms with E-state index in [1.54, 1.807) is 12.3 Å². The number of amides is 1. The zero-order valence-electron chi connectivity index (χ0n) is 11.1. The van der Waals surface area contributed by atoms with Gasteiger partial charge in [0, 0.05) is 18.4 Å². The molecule has 1 aliphatic rings. The van der Waals surface area contributed by atoms with Crippen LogP contribution < -0.4 is 14.8 Å². The number of nitrogens with one attached hydrogen (secondary N) is 1. The second-order valence-corrected chi connectivity index (χ2v) is 4.56. The first-order valence-corrected chi connectivity index (χ1v) is 6.32. The van der Waals surface area contributed by atoms with Crippen molar-refractivity contribution in [2.45, 2.75) is 13.5 Å². The van der Waals surface area contributed by atoms with E-state index in [9.17, 15) is 4.79 Å². The van der Waals surface area contributed by atoms with Gasteiger partial charge in [-0.15, -0.1) is 0 Å². The molecule has 20 heavy (non-hydrogen) atoms. The van der Waals surface area contributed by atoms with Gasteiger partial charge in [0.2, 0.25) is 6.79 Å². The Balaban J connectivity index is 1.64. The van der Waals surface area contributed by atoms with Crippen LogP contribution in [0.1, 0.15) is 21.6 Å². The molecule has 0 radical (unpaired) electrons. The molecule has 0 spiro atoms. The number of aryl methyl sites for hydroxylation is 1. The van der Waals surface area contributed by atoms with Gasteiger partial charge in [-0.1, -0.05) is 6.07 Å². The molecule has 0 unspecified atom stereocenters. The van der Waals surface area contributed by atoms with Crippen LogP contribution in [0.15, 0.2) is 36.5 Å². The molecule has 0 atom stereocenters. The van der Waals surface area contributed by atoms with Gasteiger partial charge in [-0.25, -0.2) is 0 Å². The molecule has 1 aromatic carbocycles. The van der Waals surface area contributed by atoms with Crippen LogP contribution in [0.3, 0.4) is 0 Å². The Kier molecular flexibility index (Phi) is 3.25. The lowest BCUT2D eigenvalue weighted by molar-refractivity contribution is 0.0950. The maximum absolute atomic E-state index is 12.0. The number of carbonyl (C=O) groups is 1. The van der Waals surface area contributed by atoms with Gasteiger partial charge in [0.25, 0.3) is 5.91 Å². The summed E-state index contributed by atoms with van der Waals surface area (Å²) in [5.41, 5.74) is 2.40. The van der Waals surface area contributed by atoms with Crippen molar-refractivity contribution >= 4 is 5.91 Å². The molecule has 102 valence electrons. The molecule has 1 amide bonds. The minimum atomic E-state index is -0.143. The summed E-state index contributed by atoms with van der Waals surface area (Å²) in [4.78, 5) is 16.1. The first-order chi connectivity index (χ1) is 9.72. The van der Waals surface area contributed by atoms with Gasteiger partial charge in [-0.2, -0.15) is 0 Å². The summed E-state index contributed by atoms with van der Waals surface area (Å²) in [6.07, 6.45) is 1.57. The topological polar surface area (TPSA) is 60.5 Å². The van der Waals surface area contributed by atoms with Gasteiger partial charge in [-0.05, 0) is 36.8 Å². The monoisotopic (exact) mass is 270 g/mol. The Morgan fingerprint density at radius 3 is 2.90 bits per heavy atom. The number of benzene rings is 1. The maximum Gasteiger partial charge on any atom is 0.253 e. The normalized spacial score (nSPS) is 12.2. The number of hydrogen-bond acceptors (Lipinski definition) is 4. The Hall–Kier alpha value is -2.56. The molecule has 2 aromatic rings. The van der Waals surface area contributed by atoms with Crippen LogP contribution in [0.2, 0.25) is 0 Å². The minimum Gasteiger partial charge on any atom is -0.454 e. The molecule has 5 heteroatoms. The Morgan fingerprint density at radius 2 is 2.10 bits per heavy atom. The molecule has 1 aliphatic heterocycles. The van der Waals surface area contributed by atoms with Crippen LogP contribution in [0, 0.1) is 6.92 Å². The molecule has 5 nitrogen and oxygen atoms in total. The van der Waals surface area contributed by atoms with Gasteiger partial charge in [0.05, 0.1) is 5.56 Å². The lowest BCUT2D eigenvalue weighted by atomic mass is 10.2. The highest BCUT2D eigenvalue weighted by Gasteiger charge is 2.13. The quantitative estimate of drug-likeness (QED) is 0.927. The average Bonchev–Trinajstić information content (AvgIpc) is 2.93. The number of pyridine rings is 1. The third kappa shape index (κ3) is 2.56. The predicted octanol–water partition coefficient (Wildman–Crippen LogP) is 2.05. The van der Waals surface area contributed by atoms with Gasteiger partial charge < -0.3 is 14.8 Å². The molecule has 0 saturated heterocycles. The number of rotatable bonds is 3. The summed E-state index contributed by atoms with van der Waals surface area (Å²) in [6.45, 7) is 2.57. The van der Waals surface area contributed by atoms with Crippen molar-refractivity contribution in [2.75, 3.05) is 6.79 Å². The van der Waals surface area contributed by atoms with Gasteiger partial charge in [-0.3, -0.25) is 9.78 Å². The summed E-state index contributed by atoms with van der Waals surface area (Å²) in [5, 5.41) is 2.85. The molecule has 1 aromatic heterocycles. The molecule has 0 saturated carbocycles. The molecule has 0 aliphatic carbocycles. The van der Waals surface area contributed by atoms with Crippen molar-refractivity contribution < 1.29 is 14.3 Å². The number of carbonyl (C=O) groups excluding carboxylic acids is 1. The van der Waals surface area contributed by atoms with E-state index < -0.39 is 0 Å². The zero-order chi connectivity index (χ0) is 13.9. The van der Waals surface area contributed by atoms with Crippen LogP contribution in [0.5, 0.6) is 11.5 Å². The van der Waals surface area contributed by atoms with E-state index in [0.29, 0.717) is 17.9 Å². The Labute approximate surface area is 116 Å². The van der Waals surface area contributed by atoms with E-state index >= 15 is 0 Å². The summed E-state index contributed by atoms with van der Waals surface area (Å²) in [5.74, 6) is 1.31. The van der Waals surface area contributed by atoms with Crippen LogP contribution >= 0.6 is 0 Å². The first kappa shape index (κ1) is 12.5. The highest BCUT2D eigenvalue weighted by Crippen LogP contribution is 2.32. The highest BCUT2D eigenvalue weighted by molar-refractivity contribution is 5.93. The van der Waals surface area contributed by atoms with E-state index in [2.05, 4.69) is 10.3 Å². The SMILES string of the molecule is Cc1ccc(C(=O)NCc2ccc3c(c2)OCO3)cn1. The summed E-state index contributed by atoms with van der Waals surface area (Å²) in [7, 11) is 0. The molecule has 3 rings (SSSR count). The number of fused-ring (bicyclic) bond motifs is 1. The van der Waals surface area contributed by atoms with Crippen LogP contribution in [0.25, 0.3) is 0 Å². The predicted molar refractivity (Wildman–Crippen MR) is 72.7 cm³/mol. The molecule has 0 bridgehead atoms. The molecule has 2 heterocycles. The van der Waals surface area contributed by atoms with E-state index in [4.69, 9.17) is 9.47 Å². The smallest absolute Gasteiger partial charge is 0.253 e. The summed E-state index contributed by atoms with van der Waals surface area (Å²) < 4.78 is 10.5. The van der Waals surface area contributed by atoms with Crippen LogP contribution in [-0.2, 0) is 6.54 Å². The van der Waals surface area contributed by atoms with E-state index in [-0.39, 0.29) is 12.7 Å². The van der Waals surface area contributed by atoms with Crippen molar-refractivity contribution in [1.82, 2.24) is 10.3 Å². The number of hydrogen-bond donors (Lipinski definition) is 1. The van der Waals surface area contributed by atoms with E-state index in [0.717, 1.165) is 17.0 Å². The van der Waals surface area contributed by atoms with Crippen molar-refractivity contribution in [1.29, 1.82) is 0 Å². The average molecular weight is 270 g/mol. The third-order valence-corrected chi connectivity index (χ3v) is 3.06. The number of ether oxygens (including phenoxy) is 2. The molecule has 1 N–H and O–H groups in total. The fraction of sp³-hybridized carbons (Fsp3) is 0.200. The summed E-state index contributed by atoms with van der Waals surface area (Å²) >= 11 is 0. The van der Waals surface area contributed by atoms with E-state index in [1.807, 2.05) is 31.2 Å². The zero-order valence-corrected chi connectivity index (χ0v) is 11.1. The number of nitrogens with zero attached hydrogens (tertiary/aromatic N) is 1. The van der Waals surface area contributed by atoms with Crippen molar-refractivity contribution in [3.05, 3.63) is 53.3 Å². The fourth-order valence-electron chi connectivity index (χ4n) is 1.94. The van der Waals surface area contributed by atoms with Gasteiger partial charge >= 0.3 is 0 Å². The van der Waals surface area contributed by atoms with Crippen LogP contribution in [-0.4, -0.2) is 17.7 Å². The van der Waals surface area contributed by atoms with E-state index in [1.165, 1.54) is 0 Å². The summed E-state index contributed by atoms with van der Waals surface area (Å²) in [6, 6.07) is 9.20. The molecular formula is C15H14N2O3.